The van der Waals surface area contributed by atoms with E-state index in [2.05, 4.69) is 14.8 Å². The van der Waals surface area contributed by atoms with Crippen molar-refractivity contribution >= 4 is 16.0 Å². The fourth-order valence-electron chi connectivity index (χ4n) is 1.53. The molecule has 1 rings (SSSR count). The van der Waals surface area contributed by atoms with Gasteiger partial charge < -0.3 is 10.1 Å². The van der Waals surface area contributed by atoms with Gasteiger partial charge in [-0.3, -0.25) is 0 Å². The first-order valence-electron chi connectivity index (χ1n) is 6.00. The number of benzene rings is 1. The highest BCUT2D eigenvalue weighted by Crippen LogP contribution is 2.17. The fourth-order valence-corrected chi connectivity index (χ4v) is 2.74. The van der Waals surface area contributed by atoms with Gasteiger partial charge >= 0.3 is 5.97 Å². The lowest BCUT2D eigenvalue weighted by atomic mass is 10.2. The monoisotopic (exact) mass is 304 g/mol. The first-order valence-corrected chi connectivity index (χ1v) is 7.49. The van der Waals surface area contributed by atoms with Crippen LogP contribution in [-0.4, -0.2) is 41.1 Å². The van der Waals surface area contributed by atoms with E-state index in [1.54, 1.807) is 0 Å². The lowest BCUT2D eigenvalue weighted by Crippen LogP contribution is -2.32. The van der Waals surface area contributed by atoms with E-state index < -0.39 is 21.8 Å². The van der Waals surface area contributed by atoms with E-state index in [4.69, 9.17) is 0 Å². The number of sulfonamides is 1. The number of rotatable bonds is 7. The molecule has 0 amide bonds. The van der Waals surface area contributed by atoms with Gasteiger partial charge in [0.25, 0.3) is 0 Å². The summed E-state index contributed by atoms with van der Waals surface area (Å²) in [4.78, 5) is 11.2. The van der Waals surface area contributed by atoms with E-state index in [1.165, 1.54) is 0 Å². The third-order valence-electron chi connectivity index (χ3n) is 2.48. The summed E-state index contributed by atoms with van der Waals surface area (Å²) in [6.45, 7) is 3.22. The van der Waals surface area contributed by atoms with Crippen LogP contribution >= 0.6 is 0 Å². The molecule has 1 aromatic carbocycles. The fraction of sp³-hybridized carbons (Fsp3) is 0.417. The Kier molecular flexibility index (Phi) is 6.05. The van der Waals surface area contributed by atoms with E-state index in [0.717, 1.165) is 25.3 Å². The Morgan fingerprint density at radius 2 is 2.05 bits per heavy atom. The van der Waals surface area contributed by atoms with E-state index in [1.807, 2.05) is 6.92 Å². The van der Waals surface area contributed by atoms with E-state index in [9.17, 15) is 17.6 Å². The Bertz CT molecular complexity index is 575. The van der Waals surface area contributed by atoms with Crippen molar-refractivity contribution < 1.29 is 22.3 Å². The molecule has 1 aromatic rings. The summed E-state index contributed by atoms with van der Waals surface area (Å²) < 4.78 is 44.1. The molecule has 0 bridgehead atoms. The minimum Gasteiger partial charge on any atom is -0.465 e. The molecule has 0 aliphatic heterocycles. The summed E-state index contributed by atoms with van der Waals surface area (Å²) in [6, 6.07) is 2.85. The van der Waals surface area contributed by atoms with E-state index in [-0.39, 0.29) is 17.0 Å². The second-order valence-electron chi connectivity index (χ2n) is 3.88. The Hall–Kier alpha value is -1.51. The second-order valence-corrected chi connectivity index (χ2v) is 5.62. The molecule has 112 valence electrons. The standard InChI is InChI=1S/C12H17FN2O4S/c1-3-14-6-7-15-20(17,18)11-5-4-9(13)8-10(11)12(16)19-2/h4-5,8,14-15H,3,6-7H2,1-2H3. The normalized spacial score (nSPS) is 11.3. The summed E-state index contributed by atoms with van der Waals surface area (Å²) >= 11 is 0. The molecule has 0 saturated heterocycles. The van der Waals surface area contributed by atoms with Crippen molar-refractivity contribution in [3.05, 3.63) is 29.6 Å². The Labute approximate surface area is 117 Å². The van der Waals surface area contributed by atoms with Gasteiger partial charge in [0.05, 0.1) is 17.6 Å². The summed E-state index contributed by atoms with van der Waals surface area (Å²) in [7, 11) is -2.80. The van der Waals surface area contributed by atoms with Crippen molar-refractivity contribution in [2.75, 3.05) is 26.7 Å². The van der Waals surface area contributed by atoms with Crippen LogP contribution in [0.1, 0.15) is 17.3 Å². The molecule has 0 aliphatic rings. The van der Waals surface area contributed by atoms with Gasteiger partial charge in [0, 0.05) is 13.1 Å². The zero-order valence-corrected chi connectivity index (χ0v) is 12.1. The molecular formula is C12H17FN2O4S. The molecular weight excluding hydrogens is 287 g/mol. The number of likely N-dealkylation sites (N-methyl/N-ethyl adjacent to an activating group) is 1. The van der Waals surface area contributed by atoms with Crippen molar-refractivity contribution in [3.8, 4) is 0 Å². The minimum atomic E-state index is -3.90. The number of carbonyl (C=O) groups is 1. The van der Waals surface area contributed by atoms with Gasteiger partial charge in [0.1, 0.15) is 5.82 Å². The van der Waals surface area contributed by atoms with Crippen LogP contribution in [0, 0.1) is 5.82 Å². The van der Waals surface area contributed by atoms with Crippen LogP contribution in [0.2, 0.25) is 0 Å². The van der Waals surface area contributed by atoms with Crippen molar-refractivity contribution in [2.24, 2.45) is 0 Å². The molecule has 0 saturated carbocycles. The molecule has 0 radical (unpaired) electrons. The maximum atomic E-state index is 13.2. The Morgan fingerprint density at radius 3 is 2.65 bits per heavy atom. The largest absolute Gasteiger partial charge is 0.465 e. The highest BCUT2D eigenvalue weighted by Gasteiger charge is 2.23. The Morgan fingerprint density at radius 1 is 1.35 bits per heavy atom. The van der Waals surface area contributed by atoms with Crippen molar-refractivity contribution in [1.82, 2.24) is 10.0 Å². The molecule has 0 aliphatic carbocycles. The molecule has 0 spiro atoms. The predicted molar refractivity (Wildman–Crippen MR) is 71.5 cm³/mol. The van der Waals surface area contributed by atoms with Gasteiger partial charge in [-0.1, -0.05) is 6.92 Å². The summed E-state index contributed by atoms with van der Waals surface area (Å²) in [6.07, 6.45) is 0. The molecule has 0 atom stereocenters. The van der Waals surface area contributed by atoms with Gasteiger partial charge in [0.2, 0.25) is 10.0 Å². The minimum absolute atomic E-state index is 0.161. The quantitative estimate of drug-likeness (QED) is 0.566. The van der Waals surface area contributed by atoms with E-state index >= 15 is 0 Å². The third kappa shape index (κ3) is 4.26. The van der Waals surface area contributed by atoms with Crippen molar-refractivity contribution in [3.63, 3.8) is 0 Å². The van der Waals surface area contributed by atoms with Crippen LogP contribution in [0.25, 0.3) is 0 Å². The summed E-state index contributed by atoms with van der Waals surface area (Å²) in [5, 5.41) is 2.95. The first-order chi connectivity index (χ1) is 9.42. The van der Waals surface area contributed by atoms with Crippen LogP contribution in [0.4, 0.5) is 4.39 Å². The van der Waals surface area contributed by atoms with Gasteiger partial charge in [-0.15, -0.1) is 0 Å². The molecule has 0 aromatic heterocycles. The average molecular weight is 304 g/mol. The van der Waals surface area contributed by atoms with Crippen LogP contribution in [0.15, 0.2) is 23.1 Å². The third-order valence-corrected chi connectivity index (χ3v) is 4.00. The number of halogens is 1. The smallest absolute Gasteiger partial charge is 0.339 e. The highest BCUT2D eigenvalue weighted by atomic mass is 32.2. The second kappa shape index (κ2) is 7.32. The number of ether oxygens (including phenoxy) is 1. The van der Waals surface area contributed by atoms with Crippen molar-refractivity contribution in [1.29, 1.82) is 0 Å². The molecule has 0 heterocycles. The lowest BCUT2D eigenvalue weighted by molar-refractivity contribution is 0.0595. The van der Waals surface area contributed by atoms with Crippen molar-refractivity contribution in [2.45, 2.75) is 11.8 Å². The topological polar surface area (TPSA) is 84.5 Å². The molecule has 2 N–H and O–H groups in total. The maximum Gasteiger partial charge on any atom is 0.339 e. The molecule has 20 heavy (non-hydrogen) atoms. The average Bonchev–Trinajstić information content (AvgIpc) is 2.42. The number of methoxy groups -OCH3 is 1. The van der Waals surface area contributed by atoms with Crippen LogP contribution in [-0.2, 0) is 14.8 Å². The zero-order valence-electron chi connectivity index (χ0n) is 11.3. The van der Waals surface area contributed by atoms with Gasteiger partial charge in [-0.25, -0.2) is 22.3 Å². The zero-order chi connectivity index (χ0) is 15.2. The van der Waals surface area contributed by atoms with Gasteiger partial charge in [-0.2, -0.15) is 0 Å². The SMILES string of the molecule is CCNCCNS(=O)(=O)c1ccc(F)cc1C(=O)OC. The number of nitrogens with one attached hydrogen (secondary N) is 2. The van der Waals surface area contributed by atoms with Gasteiger partial charge in [-0.05, 0) is 24.7 Å². The predicted octanol–water partition coefficient (Wildman–Crippen LogP) is 0.500. The number of carbonyl (C=O) groups excluding carboxylic acids is 1. The summed E-state index contributed by atoms with van der Waals surface area (Å²) in [5.41, 5.74) is -0.330. The molecule has 0 fully saturated rings. The lowest BCUT2D eigenvalue weighted by Gasteiger charge is -2.10. The highest BCUT2D eigenvalue weighted by molar-refractivity contribution is 7.89. The number of hydrogen-bond donors (Lipinski definition) is 2. The number of hydrogen-bond acceptors (Lipinski definition) is 5. The molecule has 0 unspecified atom stereocenters. The number of esters is 1. The summed E-state index contributed by atoms with van der Waals surface area (Å²) in [5.74, 6) is -1.62. The molecule has 8 heteroatoms. The first kappa shape index (κ1) is 16.5. The van der Waals surface area contributed by atoms with Crippen LogP contribution in [0.3, 0.4) is 0 Å². The van der Waals surface area contributed by atoms with E-state index in [0.29, 0.717) is 13.1 Å². The maximum absolute atomic E-state index is 13.2. The van der Waals surface area contributed by atoms with Gasteiger partial charge in [0.15, 0.2) is 0 Å². The van der Waals surface area contributed by atoms with Crippen LogP contribution < -0.4 is 10.0 Å². The molecule has 6 nitrogen and oxygen atoms in total. The Balaban J connectivity index is 3.02. The van der Waals surface area contributed by atoms with Crippen LogP contribution in [0.5, 0.6) is 0 Å².